The minimum atomic E-state index is -0.861. The summed E-state index contributed by atoms with van der Waals surface area (Å²) in [7, 11) is 0. The molecule has 1 heterocycles. The molecule has 1 rings (SSSR count). The molecule has 10 heavy (non-hydrogen) atoms. The van der Waals surface area contributed by atoms with Gasteiger partial charge in [-0.1, -0.05) is 0 Å². The molecule has 1 aliphatic rings. The molecular formula is C5H6NaO4. The van der Waals surface area contributed by atoms with Crippen molar-refractivity contribution in [2.75, 3.05) is 0 Å². The summed E-state index contributed by atoms with van der Waals surface area (Å²) in [5.74, 6) is -1.93. The van der Waals surface area contributed by atoms with E-state index in [9.17, 15) is 4.79 Å². The summed E-state index contributed by atoms with van der Waals surface area (Å²) in [6, 6.07) is 0. The van der Waals surface area contributed by atoms with E-state index in [1.54, 1.807) is 0 Å². The van der Waals surface area contributed by atoms with Crippen LogP contribution in [0.1, 0.15) is 6.92 Å². The van der Waals surface area contributed by atoms with E-state index in [1.165, 1.54) is 6.92 Å². The predicted molar refractivity (Wildman–Crippen MR) is 33.6 cm³/mol. The van der Waals surface area contributed by atoms with E-state index in [-0.39, 0.29) is 35.3 Å². The number of aliphatic hydroxyl groups is 2. The van der Waals surface area contributed by atoms with Gasteiger partial charge in [-0.25, -0.2) is 4.79 Å². The molecule has 0 saturated heterocycles. The van der Waals surface area contributed by atoms with Gasteiger partial charge in [-0.3, -0.25) is 0 Å². The normalized spacial score (nSPS) is 24.1. The molecular weight excluding hydrogens is 147 g/mol. The van der Waals surface area contributed by atoms with Crippen LogP contribution in [0.25, 0.3) is 0 Å². The largest absolute Gasteiger partial charge is 0.505 e. The van der Waals surface area contributed by atoms with Crippen molar-refractivity contribution < 1.29 is 19.7 Å². The molecule has 0 aromatic rings. The quantitative estimate of drug-likeness (QED) is 0.376. The van der Waals surface area contributed by atoms with Gasteiger partial charge in [-0.05, 0) is 6.92 Å². The van der Waals surface area contributed by atoms with Crippen LogP contribution in [0.2, 0.25) is 0 Å². The van der Waals surface area contributed by atoms with E-state index in [2.05, 4.69) is 4.74 Å². The van der Waals surface area contributed by atoms with Gasteiger partial charge in [0.1, 0.15) is 0 Å². The first-order valence-electron chi connectivity index (χ1n) is 2.46. The van der Waals surface area contributed by atoms with Crippen molar-refractivity contribution in [1.82, 2.24) is 0 Å². The van der Waals surface area contributed by atoms with Crippen LogP contribution in [0.5, 0.6) is 0 Å². The number of ether oxygens (including phenoxy) is 1. The molecule has 0 amide bonds. The topological polar surface area (TPSA) is 66.8 Å². The van der Waals surface area contributed by atoms with Gasteiger partial charge < -0.3 is 14.9 Å². The Morgan fingerprint density at radius 1 is 1.50 bits per heavy atom. The van der Waals surface area contributed by atoms with Crippen molar-refractivity contribution >= 4 is 35.5 Å². The van der Waals surface area contributed by atoms with Crippen LogP contribution in [-0.2, 0) is 9.53 Å². The van der Waals surface area contributed by atoms with Crippen LogP contribution in [0, 0.1) is 0 Å². The molecule has 1 atom stereocenters. The molecule has 0 spiro atoms. The van der Waals surface area contributed by atoms with Crippen molar-refractivity contribution in [2.24, 2.45) is 0 Å². The smallest absolute Gasteiger partial charge is 0.377 e. The molecule has 1 aliphatic heterocycles. The Morgan fingerprint density at radius 2 is 2.00 bits per heavy atom. The second-order valence-electron chi connectivity index (χ2n) is 1.78. The molecule has 1 unspecified atom stereocenters. The zero-order chi connectivity index (χ0) is 7.02. The van der Waals surface area contributed by atoms with E-state index in [0.29, 0.717) is 0 Å². The van der Waals surface area contributed by atoms with Crippen LogP contribution in [0.15, 0.2) is 11.5 Å². The van der Waals surface area contributed by atoms with Crippen molar-refractivity contribution in [3.8, 4) is 0 Å². The molecule has 2 N–H and O–H groups in total. The van der Waals surface area contributed by atoms with Gasteiger partial charge in [0.25, 0.3) is 0 Å². The summed E-state index contributed by atoms with van der Waals surface area (Å²) in [6.07, 6.45) is -0.697. The number of cyclic esters (lactones) is 1. The average molecular weight is 153 g/mol. The Bertz CT molecular complexity index is 186. The van der Waals surface area contributed by atoms with Crippen molar-refractivity contribution in [3.05, 3.63) is 11.5 Å². The average Bonchev–Trinajstić information content (AvgIpc) is 1.98. The first-order valence-corrected chi connectivity index (χ1v) is 2.46. The Morgan fingerprint density at radius 3 is 2.10 bits per heavy atom. The van der Waals surface area contributed by atoms with Crippen LogP contribution >= 0.6 is 0 Å². The number of carbonyl (C=O) groups is 1. The molecule has 0 aliphatic carbocycles. The van der Waals surface area contributed by atoms with Gasteiger partial charge in [-0.2, -0.15) is 0 Å². The minimum absolute atomic E-state index is 0. The summed E-state index contributed by atoms with van der Waals surface area (Å²) < 4.78 is 4.37. The van der Waals surface area contributed by atoms with Crippen molar-refractivity contribution in [3.63, 3.8) is 0 Å². The summed E-state index contributed by atoms with van der Waals surface area (Å²) in [5, 5.41) is 17.3. The molecule has 4 nitrogen and oxygen atoms in total. The maximum absolute atomic E-state index is 10.3. The van der Waals surface area contributed by atoms with Gasteiger partial charge in [0, 0.05) is 29.6 Å². The van der Waals surface area contributed by atoms with Gasteiger partial charge in [0.15, 0.2) is 11.9 Å². The molecule has 0 saturated carbocycles. The maximum Gasteiger partial charge on any atom is 0.377 e. The molecule has 5 heteroatoms. The Hall–Kier alpha value is -0.190. The number of aliphatic hydroxyl groups excluding tert-OH is 2. The van der Waals surface area contributed by atoms with Crippen LogP contribution in [0.3, 0.4) is 0 Å². The van der Waals surface area contributed by atoms with Gasteiger partial charge >= 0.3 is 5.97 Å². The molecule has 0 aromatic carbocycles. The fraction of sp³-hybridized carbons (Fsp3) is 0.400. The molecule has 0 bridgehead atoms. The number of esters is 1. The molecule has 51 valence electrons. The fourth-order valence-corrected chi connectivity index (χ4v) is 0.569. The molecule has 0 fully saturated rings. The van der Waals surface area contributed by atoms with Crippen LogP contribution < -0.4 is 0 Å². The van der Waals surface area contributed by atoms with Crippen LogP contribution in [-0.4, -0.2) is 51.8 Å². The Labute approximate surface area is 79.8 Å². The molecule has 0 aromatic heterocycles. The summed E-state index contributed by atoms with van der Waals surface area (Å²) >= 11 is 0. The van der Waals surface area contributed by atoms with E-state index in [4.69, 9.17) is 10.2 Å². The van der Waals surface area contributed by atoms with E-state index >= 15 is 0 Å². The minimum Gasteiger partial charge on any atom is -0.505 e. The Kier molecular flexibility index (Phi) is 3.21. The number of carbonyl (C=O) groups excluding carboxylic acids is 1. The van der Waals surface area contributed by atoms with E-state index in [1.807, 2.05) is 0 Å². The zero-order valence-electron chi connectivity index (χ0n) is 5.79. The van der Waals surface area contributed by atoms with Crippen molar-refractivity contribution in [2.45, 2.75) is 13.0 Å². The van der Waals surface area contributed by atoms with E-state index < -0.39 is 17.8 Å². The SMILES string of the molecule is CC1OC(=O)C(O)=C1O.[Na]. The number of hydrogen-bond donors (Lipinski definition) is 2. The van der Waals surface area contributed by atoms with Crippen molar-refractivity contribution in [1.29, 1.82) is 0 Å². The monoisotopic (exact) mass is 153 g/mol. The van der Waals surface area contributed by atoms with E-state index in [0.717, 1.165) is 0 Å². The second-order valence-corrected chi connectivity index (χ2v) is 1.78. The maximum atomic E-state index is 10.3. The third-order valence-corrected chi connectivity index (χ3v) is 1.10. The first kappa shape index (κ1) is 9.81. The third kappa shape index (κ3) is 1.45. The number of rotatable bonds is 0. The first-order chi connectivity index (χ1) is 4.13. The van der Waals surface area contributed by atoms with Gasteiger partial charge in [0.05, 0.1) is 0 Å². The third-order valence-electron chi connectivity index (χ3n) is 1.10. The Balaban J connectivity index is 0.000000810. The molecule has 1 radical (unpaired) electrons. The summed E-state index contributed by atoms with van der Waals surface area (Å²) in [4.78, 5) is 10.3. The van der Waals surface area contributed by atoms with Crippen LogP contribution in [0.4, 0.5) is 0 Å². The zero-order valence-corrected chi connectivity index (χ0v) is 7.79. The van der Waals surface area contributed by atoms with Gasteiger partial charge in [-0.15, -0.1) is 0 Å². The second kappa shape index (κ2) is 3.27. The predicted octanol–water partition coefficient (Wildman–Crippen LogP) is -0.122. The van der Waals surface area contributed by atoms with Gasteiger partial charge in [0.2, 0.25) is 5.76 Å². The standard InChI is InChI=1S/C5H6O4.Na/c1-2-3(6)4(7)5(8)9-2;/h2,6-7H,1H3;. The number of hydrogen-bond acceptors (Lipinski definition) is 4. The summed E-state index contributed by atoms with van der Waals surface area (Å²) in [5.41, 5.74) is 0. The fourth-order valence-electron chi connectivity index (χ4n) is 0.569. The summed E-state index contributed by atoms with van der Waals surface area (Å²) in [6.45, 7) is 1.47.